The highest BCUT2D eigenvalue weighted by Gasteiger charge is 2.36. The number of ketones is 1. The van der Waals surface area contributed by atoms with Crippen LogP contribution in [0.3, 0.4) is 0 Å². The van der Waals surface area contributed by atoms with Crippen molar-refractivity contribution in [1.82, 2.24) is 9.80 Å². The first-order chi connectivity index (χ1) is 13.1. The van der Waals surface area contributed by atoms with Gasteiger partial charge in [-0.05, 0) is 69.1 Å². The van der Waals surface area contributed by atoms with Crippen LogP contribution in [0.4, 0.5) is 0 Å². The summed E-state index contributed by atoms with van der Waals surface area (Å²) in [4.78, 5) is 16.6. The molecule has 4 unspecified atom stereocenters. The number of Topliss-reactive ketones (excluding diaryl/α,β-unsaturated/α-hetero) is 1. The Balaban J connectivity index is 1.90. The quantitative estimate of drug-likeness (QED) is 0.728. The summed E-state index contributed by atoms with van der Waals surface area (Å²) in [6.45, 7) is 7.90. The van der Waals surface area contributed by atoms with Crippen molar-refractivity contribution in [3.8, 4) is 0 Å². The predicted octanol–water partition coefficient (Wildman–Crippen LogP) is 1.62. The van der Waals surface area contributed by atoms with Gasteiger partial charge in [-0.25, -0.2) is 0 Å². The van der Waals surface area contributed by atoms with Gasteiger partial charge in [0, 0.05) is 42.8 Å². The van der Waals surface area contributed by atoms with Crippen molar-refractivity contribution >= 4 is 5.78 Å². The molecule has 28 heavy (non-hydrogen) atoms. The van der Waals surface area contributed by atoms with Crippen molar-refractivity contribution in [2.75, 3.05) is 14.1 Å². The third-order valence-corrected chi connectivity index (χ3v) is 6.07. The molecule has 0 aromatic heterocycles. The van der Waals surface area contributed by atoms with Crippen molar-refractivity contribution in [2.45, 2.75) is 39.9 Å². The molecule has 1 fully saturated rings. The first-order valence-corrected chi connectivity index (χ1v) is 9.60. The molecule has 3 aliphatic rings. The summed E-state index contributed by atoms with van der Waals surface area (Å²) < 4.78 is 0. The highest BCUT2D eigenvalue weighted by atomic mass is 16.3. The minimum atomic E-state index is -1.51. The van der Waals surface area contributed by atoms with Gasteiger partial charge in [-0.2, -0.15) is 0 Å². The Morgan fingerprint density at radius 1 is 0.786 bits per heavy atom. The first kappa shape index (κ1) is 20.4. The van der Waals surface area contributed by atoms with Crippen LogP contribution in [0.25, 0.3) is 0 Å². The van der Waals surface area contributed by atoms with E-state index in [0.717, 1.165) is 33.9 Å². The van der Waals surface area contributed by atoms with E-state index >= 15 is 0 Å². The number of rotatable bonds is 2. The Bertz CT molecular complexity index is 828. The van der Waals surface area contributed by atoms with Crippen molar-refractivity contribution in [3.05, 3.63) is 70.4 Å². The lowest BCUT2D eigenvalue weighted by molar-refractivity contribution is -0.458. The lowest BCUT2D eigenvalue weighted by Gasteiger charge is -2.32. The molecule has 3 rings (SSSR count). The topological polar surface area (TPSA) is 69.7 Å². The molecule has 5 nitrogen and oxygen atoms in total. The summed E-state index contributed by atoms with van der Waals surface area (Å²) in [5.74, 6) is -2.24. The van der Waals surface area contributed by atoms with E-state index in [2.05, 4.69) is 0 Å². The van der Waals surface area contributed by atoms with Gasteiger partial charge in [-0.15, -0.1) is 6.10 Å². The van der Waals surface area contributed by atoms with Gasteiger partial charge in [0.25, 0.3) is 0 Å². The average Bonchev–Trinajstić information content (AvgIpc) is 2.82. The number of nitrogens with zero attached hydrogens (tertiary/aromatic N) is 2. The van der Waals surface area contributed by atoms with E-state index in [4.69, 9.17) is 0 Å². The summed E-state index contributed by atoms with van der Waals surface area (Å²) in [6.07, 6.45) is 8.36. The van der Waals surface area contributed by atoms with Gasteiger partial charge in [-0.3, -0.25) is 0 Å². The molecule has 150 valence electrons. The fourth-order valence-electron chi connectivity index (χ4n) is 3.93. The molecular formula is C23H28N2O3-2. The number of carbonyl (C=O) groups excluding carboxylic acids is 1. The number of hydrogen-bond acceptors (Lipinski definition) is 5. The van der Waals surface area contributed by atoms with Gasteiger partial charge in [0.1, 0.15) is 5.78 Å². The van der Waals surface area contributed by atoms with Crippen LogP contribution in [0.15, 0.2) is 70.4 Å². The summed E-state index contributed by atoms with van der Waals surface area (Å²) in [6, 6.07) is 0. The minimum Gasteiger partial charge on any atom is -0.851 e. The van der Waals surface area contributed by atoms with E-state index in [0.29, 0.717) is 0 Å². The zero-order valence-corrected chi connectivity index (χ0v) is 17.4. The SMILES string of the molecule is CC1=CC(=CC2C(=O)C([O-])C(C=C3C=C(C)N(C)C(C)=C3)C2[O-])C=C(C)N1C. The van der Waals surface area contributed by atoms with Gasteiger partial charge >= 0.3 is 0 Å². The number of allylic oxidation sites excluding steroid dienone is 10. The van der Waals surface area contributed by atoms with Gasteiger partial charge in [0.15, 0.2) is 0 Å². The molecule has 0 N–H and O–H groups in total. The second-order valence-corrected chi connectivity index (χ2v) is 7.98. The Kier molecular flexibility index (Phi) is 5.50. The Morgan fingerprint density at radius 3 is 1.61 bits per heavy atom. The molecule has 0 amide bonds. The van der Waals surface area contributed by atoms with Crippen molar-refractivity contribution in [3.63, 3.8) is 0 Å². The van der Waals surface area contributed by atoms with E-state index in [1.54, 1.807) is 12.2 Å². The van der Waals surface area contributed by atoms with E-state index in [1.165, 1.54) is 0 Å². The zero-order valence-electron chi connectivity index (χ0n) is 17.4. The monoisotopic (exact) mass is 380 g/mol. The molecule has 0 bridgehead atoms. The summed E-state index contributed by atoms with van der Waals surface area (Å²) in [5.41, 5.74) is 5.77. The normalized spacial score (nSPS) is 30.8. The molecule has 0 spiro atoms. The van der Waals surface area contributed by atoms with Gasteiger partial charge in [-0.1, -0.05) is 18.3 Å². The van der Waals surface area contributed by atoms with Gasteiger partial charge in [0.2, 0.25) is 0 Å². The van der Waals surface area contributed by atoms with Crippen LogP contribution in [-0.2, 0) is 4.79 Å². The van der Waals surface area contributed by atoms with Crippen molar-refractivity contribution < 1.29 is 15.0 Å². The van der Waals surface area contributed by atoms with Gasteiger partial charge < -0.3 is 24.8 Å². The maximum atomic E-state index is 13.0. The zero-order chi connectivity index (χ0) is 20.7. The second-order valence-electron chi connectivity index (χ2n) is 7.98. The summed E-state index contributed by atoms with van der Waals surface area (Å²) in [5, 5.41) is 25.6. The van der Waals surface area contributed by atoms with Crippen LogP contribution in [-0.4, -0.2) is 41.9 Å². The Morgan fingerprint density at radius 2 is 1.18 bits per heavy atom. The van der Waals surface area contributed by atoms with E-state index in [1.807, 2.05) is 75.9 Å². The molecule has 5 heteroatoms. The Labute approximate surface area is 167 Å². The highest BCUT2D eigenvalue weighted by molar-refractivity contribution is 5.90. The molecule has 4 atom stereocenters. The minimum absolute atomic E-state index is 0.500. The average molecular weight is 380 g/mol. The van der Waals surface area contributed by atoms with E-state index in [-0.39, 0.29) is 0 Å². The van der Waals surface area contributed by atoms with Crippen LogP contribution in [0.5, 0.6) is 0 Å². The van der Waals surface area contributed by atoms with Crippen LogP contribution >= 0.6 is 0 Å². The number of hydrogen-bond donors (Lipinski definition) is 0. The van der Waals surface area contributed by atoms with E-state index in [9.17, 15) is 15.0 Å². The third-order valence-electron chi connectivity index (χ3n) is 6.07. The molecule has 1 aliphatic carbocycles. The van der Waals surface area contributed by atoms with Crippen molar-refractivity contribution in [1.29, 1.82) is 0 Å². The lowest BCUT2D eigenvalue weighted by Crippen LogP contribution is -2.40. The molecule has 0 aromatic rings. The number of carbonyl (C=O) groups is 1. The maximum absolute atomic E-state index is 13.0. The lowest BCUT2D eigenvalue weighted by atomic mass is 9.94. The third kappa shape index (κ3) is 3.64. The molecule has 1 saturated carbocycles. The predicted molar refractivity (Wildman–Crippen MR) is 106 cm³/mol. The maximum Gasteiger partial charge on any atom is 0.125 e. The molecule has 2 heterocycles. The van der Waals surface area contributed by atoms with Gasteiger partial charge in [0.05, 0.1) is 0 Å². The smallest absolute Gasteiger partial charge is 0.125 e. The fourth-order valence-corrected chi connectivity index (χ4v) is 3.93. The second kappa shape index (κ2) is 7.57. The van der Waals surface area contributed by atoms with Crippen LogP contribution < -0.4 is 10.2 Å². The van der Waals surface area contributed by atoms with Crippen LogP contribution in [0, 0.1) is 11.8 Å². The summed E-state index contributed by atoms with van der Waals surface area (Å²) >= 11 is 0. The van der Waals surface area contributed by atoms with E-state index < -0.39 is 29.8 Å². The van der Waals surface area contributed by atoms with Crippen LogP contribution in [0.2, 0.25) is 0 Å². The molecule has 2 aliphatic heterocycles. The summed E-state index contributed by atoms with van der Waals surface area (Å²) in [7, 11) is 3.93. The van der Waals surface area contributed by atoms with Crippen LogP contribution in [0.1, 0.15) is 27.7 Å². The molecule has 0 aromatic carbocycles. The molecular weight excluding hydrogens is 352 g/mol. The standard InChI is InChI=1S/C23H28N2O3/c1-13-7-17(8-14(2)24(13)5)11-19-21(26)20(23(28)22(19)27)12-18-9-15(3)25(6)16(4)10-18/h7-12,19-22H,1-6H3/q-2. The highest BCUT2D eigenvalue weighted by Crippen LogP contribution is 2.32. The largest absolute Gasteiger partial charge is 0.851 e. The molecule has 0 radical (unpaired) electrons. The van der Waals surface area contributed by atoms with Crippen molar-refractivity contribution in [2.24, 2.45) is 11.8 Å². The first-order valence-electron chi connectivity index (χ1n) is 9.60. The Hall–Kier alpha value is -2.37. The fraction of sp³-hybridized carbons (Fsp3) is 0.435. The molecule has 0 saturated heterocycles.